The quantitative estimate of drug-likeness (QED) is 0.525. The molecule has 0 aliphatic heterocycles. The van der Waals surface area contributed by atoms with Crippen LogP contribution in [0.2, 0.25) is 0 Å². The first-order valence-electron chi connectivity index (χ1n) is 7.23. The summed E-state index contributed by atoms with van der Waals surface area (Å²) in [5.74, 6) is 0.701. The standard InChI is InChI=1S/C16H23NO3/c1-2-3-11-16(19)17-14-9-5-6-10-15(14)20-13-8-4-7-12-18/h5-6,9-10,12H,2-4,7-8,11,13H2,1H3,(H,17,19). The topological polar surface area (TPSA) is 55.4 Å². The van der Waals surface area contributed by atoms with Crippen molar-refractivity contribution in [1.29, 1.82) is 0 Å². The molecule has 0 aliphatic rings. The third-order valence-corrected chi connectivity index (χ3v) is 2.89. The van der Waals surface area contributed by atoms with Crippen molar-refractivity contribution in [3.8, 4) is 5.75 Å². The van der Waals surface area contributed by atoms with Crippen LogP contribution in [0.4, 0.5) is 5.69 Å². The summed E-state index contributed by atoms with van der Waals surface area (Å²) < 4.78 is 5.66. The fourth-order valence-electron chi connectivity index (χ4n) is 1.76. The number of ether oxygens (including phenoxy) is 1. The Balaban J connectivity index is 2.46. The van der Waals surface area contributed by atoms with Gasteiger partial charge in [-0.1, -0.05) is 25.5 Å². The number of para-hydroxylation sites is 2. The van der Waals surface area contributed by atoms with Crippen LogP contribution in [0.1, 0.15) is 45.4 Å². The van der Waals surface area contributed by atoms with Gasteiger partial charge in [0.2, 0.25) is 5.91 Å². The number of rotatable bonds is 10. The van der Waals surface area contributed by atoms with Gasteiger partial charge < -0.3 is 14.8 Å². The van der Waals surface area contributed by atoms with Gasteiger partial charge in [-0.25, -0.2) is 0 Å². The monoisotopic (exact) mass is 277 g/mol. The van der Waals surface area contributed by atoms with Crippen molar-refractivity contribution >= 4 is 17.9 Å². The summed E-state index contributed by atoms with van der Waals surface area (Å²) in [6.07, 6.45) is 5.57. The Hall–Kier alpha value is -1.84. The van der Waals surface area contributed by atoms with E-state index < -0.39 is 0 Å². The second-order valence-electron chi connectivity index (χ2n) is 4.66. The van der Waals surface area contributed by atoms with Crippen molar-refractivity contribution < 1.29 is 14.3 Å². The summed E-state index contributed by atoms with van der Waals surface area (Å²) in [5, 5.41) is 2.88. The smallest absolute Gasteiger partial charge is 0.224 e. The average Bonchev–Trinajstić information content (AvgIpc) is 2.46. The van der Waals surface area contributed by atoms with Gasteiger partial charge in [0.05, 0.1) is 12.3 Å². The molecule has 110 valence electrons. The fraction of sp³-hybridized carbons (Fsp3) is 0.500. The molecule has 0 saturated heterocycles. The van der Waals surface area contributed by atoms with Crippen LogP contribution in [0.25, 0.3) is 0 Å². The molecule has 0 unspecified atom stereocenters. The lowest BCUT2D eigenvalue weighted by atomic mass is 10.2. The molecule has 20 heavy (non-hydrogen) atoms. The molecule has 1 aromatic carbocycles. The van der Waals surface area contributed by atoms with Crippen molar-refractivity contribution in [3.63, 3.8) is 0 Å². The minimum atomic E-state index is 0.0175. The molecule has 0 fully saturated rings. The zero-order valence-corrected chi connectivity index (χ0v) is 12.1. The lowest BCUT2D eigenvalue weighted by Crippen LogP contribution is -2.12. The normalized spacial score (nSPS) is 10.1. The minimum Gasteiger partial charge on any atom is -0.491 e. The first kappa shape index (κ1) is 16.2. The zero-order chi connectivity index (χ0) is 14.6. The summed E-state index contributed by atoms with van der Waals surface area (Å²) in [7, 11) is 0. The SMILES string of the molecule is CCCCC(=O)Nc1ccccc1OCCCCC=O. The molecule has 0 aliphatic carbocycles. The number of hydrogen-bond donors (Lipinski definition) is 1. The molecule has 0 spiro atoms. The number of amides is 1. The van der Waals surface area contributed by atoms with Gasteiger partial charge in [-0.3, -0.25) is 4.79 Å². The van der Waals surface area contributed by atoms with Crippen LogP contribution in [0.15, 0.2) is 24.3 Å². The van der Waals surface area contributed by atoms with Gasteiger partial charge in [-0.15, -0.1) is 0 Å². The highest BCUT2D eigenvalue weighted by atomic mass is 16.5. The van der Waals surface area contributed by atoms with Crippen LogP contribution in [0, 0.1) is 0 Å². The second-order valence-corrected chi connectivity index (χ2v) is 4.66. The van der Waals surface area contributed by atoms with E-state index in [1.54, 1.807) is 0 Å². The van der Waals surface area contributed by atoms with E-state index in [0.717, 1.165) is 32.0 Å². The first-order chi connectivity index (χ1) is 9.77. The Bertz CT molecular complexity index is 418. The lowest BCUT2D eigenvalue weighted by Gasteiger charge is -2.12. The van der Waals surface area contributed by atoms with Crippen LogP contribution >= 0.6 is 0 Å². The van der Waals surface area contributed by atoms with E-state index >= 15 is 0 Å². The first-order valence-corrected chi connectivity index (χ1v) is 7.23. The number of hydrogen-bond acceptors (Lipinski definition) is 3. The number of nitrogens with one attached hydrogen (secondary N) is 1. The highest BCUT2D eigenvalue weighted by Gasteiger charge is 2.06. The highest BCUT2D eigenvalue weighted by molar-refractivity contribution is 5.92. The fourth-order valence-corrected chi connectivity index (χ4v) is 1.76. The number of benzene rings is 1. The maximum absolute atomic E-state index is 11.7. The van der Waals surface area contributed by atoms with Crippen molar-refractivity contribution in [3.05, 3.63) is 24.3 Å². The van der Waals surface area contributed by atoms with E-state index in [2.05, 4.69) is 12.2 Å². The molecule has 4 nitrogen and oxygen atoms in total. The number of carbonyl (C=O) groups excluding carboxylic acids is 2. The third kappa shape index (κ3) is 6.36. The maximum Gasteiger partial charge on any atom is 0.224 e. The molecule has 1 amide bonds. The number of aldehydes is 1. The number of carbonyl (C=O) groups is 2. The van der Waals surface area contributed by atoms with Gasteiger partial charge in [0.1, 0.15) is 12.0 Å². The Labute approximate surface area is 120 Å². The molecular formula is C16H23NO3. The van der Waals surface area contributed by atoms with Gasteiger partial charge >= 0.3 is 0 Å². The van der Waals surface area contributed by atoms with Crippen LogP contribution in [0.5, 0.6) is 5.75 Å². The Morgan fingerprint density at radius 2 is 2.05 bits per heavy atom. The molecule has 0 saturated carbocycles. The van der Waals surface area contributed by atoms with Crippen molar-refractivity contribution in [2.24, 2.45) is 0 Å². The molecule has 0 heterocycles. The predicted molar refractivity (Wildman–Crippen MR) is 80.0 cm³/mol. The molecule has 1 rings (SSSR count). The second kappa shape index (κ2) is 10.0. The summed E-state index contributed by atoms with van der Waals surface area (Å²) >= 11 is 0. The molecule has 0 aromatic heterocycles. The highest BCUT2D eigenvalue weighted by Crippen LogP contribution is 2.24. The van der Waals surface area contributed by atoms with Crippen LogP contribution in [-0.4, -0.2) is 18.8 Å². The zero-order valence-electron chi connectivity index (χ0n) is 12.1. The van der Waals surface area contributed by atoms with Gasteiger partial charge in [0.15, 0.2) is 0 Å². The van der Waals surface area contributed by atoms with Gasteiger partial charge in [-0.2, -0.15) is 0 Å². The Kier molecular flexibility index (Phi) is 8.11. The maximum atomic E-state index is 11.7. The van der Waals surface area contributed by atoms with Crippen LogP contribution in [-0.2, 0) is 9.59 Å². The third-order valence-electron chi connectivity index (χ3n) is 2.89. The largest absolute Gasteiger partial charge is 0.491 e. The summed E-state index contributed by atoms with van der Waals surface area (Å²) in [6, 6.07) is 7.43. The van der Waals surface area contributed by atoms with Crippen molar-refractivity contribution in [2.45, 2.75) is 45.4 Å². The minimum absolute atomic E-state index is 0.0175. The van der Waals surface area contributed by atoms with E-state index in [1.165, 1.54) is 0 Å². The van der Waals surface area contributed by atoms with Crippen molar-refractivity contribution in [1.82, 2.24) is 0 Å². The summed E-state index contributed by atoms with van der Waals surface area (Å²) in [6.45, 7) is 2.61. The Morgan fingerprint density at radius 3 is 2.80 bits per heavy atom. The number of unbranched alkanes of at least 4 members (excludes halogenated alkanes) is 3. The van der Waals surface area contributed by atoms with Crippen LogP contribution in [0.3, 0.4) is 0 Å². The number of anilines is 1. The predicted octanol–water partition coefficient (Wildman–Crippen LogP) is 3.56. The molecule has 0 bridgehead atoms. The van der Waals surface area contributed by atoms with E-state index in [0.29, 0.717) is 30.9 Å². The van der Waals surface area contributed by atoms with Crippen molar-refractivity contribution in [2.75, 3.05) is 11.9 Å². The summed E-state index contributed by atoms with van der Waals surface area (Å²) in [5.41, 5.74) is 0.712. The molecule has 0 atom stereocenters. The Morgan fingerprint density at radius 1 is 1.25 bits per heavy atom. The molecular weight excluding hydrogens is 254 g/mol. The van der Waals surface area contributed by atoms with E-state index in [4.69, 9.17) is 4.74 Å². The summed E-state index contributed by atoms with van der Waals surface area (Å²) in [4.78, 5) is 21.9. The molecule has 4 heteroatoms. The van der Waals surface area contributed by atoms with Gasteiger partial charge in [0, 0.05) is 12.8 Å². The average molecular weight is 277 g/mol. The van der Waals surface area contributed by atoms with E-state index in [-0.39, 0.29) is 5.91 Å². The van der Waals surface area contributed by atoms with E-state index in [9.17, 15) is 9.59 Å². The van der Waals surface area contributed by atoms with Crippen LogP contribution < -0.4 is 10.1 Å². The van der Waals surface area contributed by atoms with E-state index in [1.807, 2.05) is 24.3 Å². The molecule has 0 radical (unpaired) electrons. The molecule has 1 aromatic rings. The van der Waals surface area contributed by atoms with Gasteiger partial charge in [-0.05, 0) is 31.4 Å². The molecule has 1 N–H and O–H groups in total. The van der Waals surface area contributed by atoms with Gasteiger partial charge in [0.25, 0.3) is 0 Å². The lowest BCUT2D eigenvalue weighted by molar-refractivity contribution is -0.116.